The molecule has 4 nitrogen and oxygen atoms in total. The van der Waals surface area contributed by atoms with Gasteiger partial charge in [0.2, 0.25) is 0 Å². The van der Waals surface area contributed by atoms with E-state index in [-0.39, 0.29) is 17.8 Å². The number of halogens is 2. The molecule has 6 heteroatoms. The van der Waals surface area contributed by atoms with E-state index in [0.29, 0.717) is 0 Å². The minimum atomic E-state index is -0.807. The summed E-state index contributed by atoms with van der Waals surface area (Å²) >= 11 is 0. The van der Waals surface area contributed by atoms with Crippen molar-refractivity contribution in [3.8, 4) is 0 Å². The lowest BCUT2D eigenvalue weighted by Crippen LogP contribution is -2.39. The Hall–Kier alpha value is -1.69. The van der Waals surface area contributed by atoms with E-state index in [2.05, 4.69) is 10.6 Å². The fourth-order valence-electron chi connectivity index (χ4n) is 1.41. The lowest BCUT2D eigenvalue weighted by Gasteiger charge is -2.23. The molecule has 0 fully saturated rings. The molecule has 0 aliphatic carbocycles. The Labute approximate surface area is 111 Å². The molecule has 0 atom stereocenters. The Bertz CT molecular complexity index is 453. The van der Waals surface area contributed by atoms with Gasteiger partial charge in [-0.05, 0) is 26.0 Å². The van der Waals surface area contributed by atoms with Crippen LogP contribution in [0.15, 0.2) is 12.1 Å². The van der Waals surface area contributed by atoms with Gasteiger partial charge in [-0.2, -0.15) is 0 Å². The van der Waals surface area contributed by atoms with Crippen molar-refractivity contribution in [1.29, 1.82) is 0 Å². The fraction of sp³-hybridized carbons (Fsp3) is 0.462. The molecule has 19 heavy (non-hydrogen) atoms. The van der Waals surface area contributed by atoms with E-state index in [1.165, 1.54) is 14.2 Å². The topological polar surface area (TPSA) is 50.4 Å². The predicted octanol–water partition coefficient (Wildman–Crippen LogP) is 2.16. The number of nitrogens with one attached hydrogen (secondary N) is 2. The van der Waals surface area contributed by atoms with E-state index in [4.69, 9.17) is 4.74 Å². The van der Waals surface area contributed by atoms with Crippen molar-refractivity contribution in [2.45, 2.75) is 19.4 Å². The standard InChI is InChI=1S/C13H18F2N2O2/c1-13(2,19-4)7-17-12(18)8-5-9(14)11(16-3)10(15)6-8/h5-6,16H,7H2,1-4H3,(H,17,18). The van der Waals surface area contributed by atoms with Crippen molar-refractivity contribution in [1.82, 2.24) is 5.32 Å². The number of rotatable bonds is 5. The van der Waals surface area contributed by atoms with Gasteiger partial charge in [-0.1, -0.05) is 0 Å². The fourth-order valence-corrected chi connectivity index (χ4v) is 1.41. The maximum atomic E-state index is 13.5. The van der Waals surface area contributed by atoms with Crippen LogP contribution in [-0.2, 0) is 4.74 Å². The smallest absolute Gasteiger partial charge is 0.251 e. The van der Waals surface area contributed by atoms with Gasteiger partial charge in [0.1, 0.15) is 17.3 Å². The van der Waals surface area contributed by atoms with E-state index in [0.717, 1.165) is 12.1 Å². The van der Waals surface area contributed by atoms with Crippen molar-refractivity contribution in [3.05, 3.63) is 29.3 Å². The monoisotopic (exact) mass is 272 g/mol. The van der Waals surface area contributed by atoms with Gasteiger partial charge in [0.25, 0.3) is 5.91 Å². The molecule has 0 aliphatic heterocycles. The van der Waals surface area contributed by atoms with E-state index < -0.39 is 23.1 Å². The quantitative estimate of drug-likeness (QED) is 0.863. The second-order valence-corrected chi connectivity index (χ2v) is 4.71. The van der Waals surface area contributed by atoms with Crippen LogP contribution in [0.4, 0.5) is 14.5 Å². The lowest BCUT2D eigenvalue weighted by molar-refractivity contribution is 0.0228. The number of hydrogen-bond acceptors (Lipinski definition) is 3. The Morgan fingerprint density at radius 3 is 2.26 bits per heavy atom. The molecule has 0 saturated heterocycles. The van der Waals surface area contributed by atoms with Crippen LogP contribution in [0.2, 0.25) is 0 Å². The lowest BCUT2D eigenvalue weighted by atomic mass is 10.1. The molecule has 1 aromatic rings. The first-order valence-electron chi connectivity index (χ1n) is 5.81. The minimum Gasteiger partial charge on any atom is -0.383 e. The van der Waals surface area contributed by atoms with Crippen LogP contribution in [0, 0.1) is 11.6 Å². The highest BCUT2D eigenvalue weighted by atomic mass is 19.1. The number of amides is 1. The van der Waals surface area contributed by atoms with Crippen molar-refractivity contribution >= 4 is 11.6 Å². The normalized spacial score (nSPS) is 11.3. The van der Waals surface area contributed by atoms with Crippen LogP contribution in [-0.4, -0.2) is 32.2 Å². The van der Waals surface area contributed by atoms with Gasteiger partial charge in [0.15, 0.2) is 0 Å². The molecule has 1 aromatic carbocycles. The highest BCUT2D eigenvalue weighted by Gasteiger charge is 2.19. The molecule has 0 bridgehead atoms. The number of benzene rings is 1. The van der Waals surface area contributed by atoms with E-state index in [9.17, 15) is 13.6 Å². The molecule has 0 heterocycles. The SMILES string of the molecule is CNc1c(F)cc(C(=O)NCC(C)(C)OC)cc1F. The third-order valence-electron chi connectivity index (χ3n) is 2.78. The van der Waals surface area contributed by atoms with E-state index in [1.807, 2.05) is 0 Å². The highest BCUT2D eigenvalue weighted by molar-refractivity contribution is 5.94. The second-order valence-electron chi connectivity index (χ2n) is 4.71. The minimum absolute atomic E-state index is 0.0686. The molecule has 0 saturated carbocycles. The summed E-state index contributed by atoms with van der Waals surface area (Å²) in [5, 5.41) is 4.96. The van der Waals surface area contributed by atoms with Crippen LogP contribution in [0.5, 0.6) is 0 Å². The zero-order valence-electron chi connectivity index (χ0n) is 11.4. The second kappa shape index (κ2) is 5.97. The number of anilines is 1. The van der Waals surface area contributed by atoms with Gasteiger partial charge >= 0.3 is 0 Å². The van der Waals surface area contributed by atoms with Crippen molar-refractivity contribution in [2.75, 3.05) is 26.0 Å². The van der Waals surface area contributed by atoms with E-state index in [1.54, 1.807) is 13.8 Å². The summed E-state index contributed by atoms with van der Waals surface area (Å²) in [5.74, 6) is -2.16. The first-order chi connectivity index (χ1) is 8.80. The van der Waals surface area contributed by atoms with Gasteiger partial charge < -0.3 is 15.4 Å². The third-order valence-corrected chi connectivity index (χ3v) is 2.78. The number of ether oxygens (including phenoxy) is 1. The summed E-state index contributed by atoms with van der Waals surface area (Å²) in [6.45, 7) is 3.82. The zero-order chi connectivity index (χ0) is 14.6. The van der Waals surface area contributed by atoms with Crippen LogP contribution < -0.4 is 10.6 Å². The van der Waals surface area contributed by atoms with Gasteiger partial charge in [0.05, 0.1) is 5.60 Å². The molecule has 0 spiro atoms. The average molecular weight is 272 g/mol. The number of methoxy groups -OCH3 is 1. The molecule has 2 N–H and O–H groups in total. The first kappa shape index (κ1) is 15.4. The summed E-state index contributed by atoms with van der Waals surface area (Å²) in [5.41, 5.74) is -0.868. The van der Waals surface area contributed by atoms with Gasteiger partial charge in [0, 0.05) is 26.3 Å². The maximum Gasteiger partial charge on any atom is 0.251 e. The van der Waals surface area contributed by atoms with Crippen molar-refractivity contribution < 1.29 is 18.3 Å². The molecule has 0 aromatic heterocycles. The number of hydrogen-bond donors (Lipinski definition) is 2. The summed E-state index contributed by atoms with van der Waals surface area (Å²) in [6.07, 6.45) is 0. The Morgan fingerprint density at radius 1 is 1.32 bits per heavy atom. The number of carbonyl (C=O) groups excluding carboxylic acids is 1. The van der Waals surface area contributed by atoms with Gasteiger partial charge in [-0.3, -0.25) is 4.79 Å². The highest BCUT2D eigenvalue weighted by Crippen LogP contribution is 2.20. The Balaban J connectivity index is 2.84. The zero-order valence-corrected chi connectivity index (χ0v) is 11.4. The van der Waals surface area contributed by atoms with Gasteiger partial charge in [-0.15, -0.1) is 0 Å². The Kier molecular flexibility index (Phi) is 4.83. The maximum absolute atomic E-state index is 13.5. The third kappa shape index (κ3) is 3.89. The van der Waals surface area contributed by atoms with Crippen molar-refractivity contribution in [3.63, 3.8) is 0 Å². The molecule has 0 radical (unpaired) electrons. The summed E-state index contributed by atoms with van der Waals surface area (Å²) < 4.78 is 32.1. The molecule has 1 rings (SSSR count). The largest absolute Gasteiger partial charge is 0.383 e. The summed E-state index contributed by atoms with van der Waals surface area (Å²) in [4.78, 5) is 11.8. The summed E-state index contributed by atoms with van der Waals surface area (Å²) in [6, 6.07) is 1.98. The number of carbonyl (C=O) groups is 1. The molecule has 0 aliphatic rings. The van der Waals surface area contributed by atoms with Crippen LogP contribution in [0.25, 0.3) is 0 Å². The summed E-state index contributed by atoms with van der Waals surface area (Å²) in [7, 11) is 2.93. The average Bonchev–Trinajstić information content (AvgIpc) is 2.35. The molecule has 1 amide bonds. The predicted molar refractivity (Wildman–Crippen MR) is 69.3 cm³/mol. The van der Waals surface area contributed by atoms with Gasteiger partial charge in [-0.25, -0.2) is 8.78 Å². The molecule has 0 unspecified atom stereocenters. The molecule has 106 valence electrons. The Morgan fingerprint density at radius 2 is 1.84 bits per heavy atom. The van der Waals surface area contributed by atoms with Crippen molar-refractivity contribution in [2.24, 2.45) is 0 Å². The van der Waals surface area contributed by atoms with E-state index >= 15 is 0 Å². The van der Waals surface area contributed by atoms with Crippen LogP contribution in [0.1, 0.15) is 24.2 Å². The van der Waals surface area contributed by atoms with Crippen LogP contribution in [0.3, 0.4) is 0 Å². The van der Waals surface area contributed by atoms with Crippen LogP contribution >= 0.6 is 0 Å². The molecular weight excluding hydrogens is 254 g/mol. The molecular formula is C13H18F2N2O2. The first-order valence-corrected chi connectivity index (χ1v) is 5.81.